The molecule has 0 bridgehead atoms. The molecule has 3 amide bonds. The topological polar surface area (TPSA) is 138 Å². The summed E-state index contributed by atoms with van der Waals surface area (Å²) in [5.41, 5.74) is 6.23. The van der Waals surface area contributed by atoms with Gasteiger partial charge in [0, 0.05) is 28.8 Å². The van der Waals surface area contributed by atoms with Gasteiger partial charge in [-0.2, -0.15) is 0 Å². The Morgan fingerprint density at radius 3 is 2.60 bits per heavy atom. The van der Waals surface area contributed by atoms with Gasteiger partial charge in [0.1, 0.15) is 17.6 Å². The molecule has 0 radical (unpaired) electrons. The van der Waals surface area contributed by atoms with Crippen LogP contribution in [0.5, 0.6) is 5.75 Å². The smallest absolute Gasteiger partial charge is 0.243 e. The third-order valence-corrected chi connectivity index (χ3v) is 9.10. The van der Waals surface area contributed by atoms with Gasteiger partial charge in [0.25, 0.3) is 0 Å². The van der Waals surface area contributed by atoms with Gasteiger partial charge in [-0.1, -0.05) is 50.3 Å². The second kappa shape index (κ2) is 14.3. The molecule has 10 heteroatoms. The first-order valence-electron chi connectivity index (χ1n) is 14.3. The number of rotatable bonds is 12. The predicted octanol–water partition coefficient (Wildman–Crippen LogP) is 3.98. The van der Waals surface area contributed by atoms with Gasteiger partial charge in [-0.25, -0.2) is 0 Å². The van der Waals surface area contributed by atoms with Gasteiger partial charge in [-0.3, -0.25) is 19.8 Å². The molecular formula is C30H41N5O4S. The number of nitrogens with zero attached hydrogens (tertiary/aromatic N) is 1. The van der Waals surface area contributed by atoms with Crippen LogP contribution in [-0.4, -0.2) is 54.2 Å². The Bertz CT molecular complexity index is 1160. The standard InChI is InChI=1S/C30H41N5O4S/c1-20(26-16-23(19-40-26)29(31)32)34-30(38)25-15-22(21-9-4-2-5-10-21)18-35(25)28(37)17-33-27(36)13-8-14-39-24-11-6-3-7-12-24/h3,6-7,11-12,16,19-22,25H,2,4-5,8-10,13-15,17-18H2,1H3,(H3,31,32)(H,33,36)(H,34,38)/t20?,22-,25-/m0/s1. The lowest BCUT2D eigenvalue weighted by molar-refractivity contribution is -0.139. The zero-order valence-corrected chi connectivity index (χ0v) is 24.0. The number of nitrogens with two attached hydrogens (primary N) is 1. The van der Waals surface area contributed by atoms with E-state index in [9.17, 15) is 14.4 Å². The zero-order chi connectivity index (χ0) is 28.5. The normalized spacial score (nSPS) is 20.1. The summed E-state index contributed by atoms with van der Waals surface area (Å²) in [5, 5.41) is 15.3. The number of nitrogen functional groups attached to an aromatic ring is 1. The first-order chi connectivity index (χ1) is 19.3. The minimum absolute atomic E-state index is 0.00492. The third-order valence-electron chi connectivity index (χ3n) is 7.99. The highest BCUT2D eigenvalue weighted by Gasteiger charge is 2.42. The lowest BCUT2D eigenvalue weighted by Crippen LogP contribution is -2.49. The Morgan fingerprint density at radius 1 is 1.15 bits per heavy atom. The summed E-state index contributed by atoms with van der Waals surface area (Å²) >= 11 is 1.45. The average molecular weight is 568 g/mol. The monoisotopic (exact) mass is 567 g/mol. The van der Waals surface area contributed by atoms with E-state index in [1.807, 2.05) is 43.3 Å². The summed E-state index contributed by atoms with van der Waals surface area (Å²) in [7, 11) is 0. The largest absolute Gasteiger partial charge is 0.494 e. The third kappa shape index (κ3) is 8.06. The van der Waals surface area contributed by atoms with Crippen LogP contribution in [0.25, 0.3) is 0 Å². The van der Waals surface area contributed by atoms with E-state index in [1.165, 1.54) is 30.6 Å². The Balaban J connectivity index is 1.31. The molecule has 3 atom stereocenters. The van der Waals surface area contributed by atoms with Crippen LogP contribution in [0, 0.1) is 17.2 Å². The second-order valence-corrected chi connectivity index (χ2v) is 11.8. The average Bonchev–Trinajstić information content (AvgIpc) is 3.64. The predicted molar refractivity (Wildman–Crippen MR) is 156 cm³/mol. The van der Waals surface area contributed by atoms with E-state index < -0.39 is 6.04 Å². The van der Waals surface area contributed by atoms with Crippen LogP contribution in [0.1, 0.15) is 74.8 Å². The minimum Gasteiger partial charge on any atom is -0.494 e. The molecule has 40 heavy (non-hydrogen) atoms. The van der Waals surface area contributed by atoms with Gasteiger partial charge in [-0.15, -0.1) is 11.3 Å². The summed E-state index contributed by atoms with van der Waals surface area (Å²) in [6.07, 6.45) is 7.37. The number of para-hydroxylation sites is 1. The molecule has 1 aromatic carbocycles. The SMILES string of the molecule is CC(NC(=O)[C@@H]1C[C@H](C2CCCCC2)CN1C(=O)CNC(=O)CCCOc1ccccc1)c1cc(C(=N)N)cs1. The zero-order valence-electron chi connectivity index (χ0n) is 23.2. The number of likely N-dealkylation sites (tertiary alicyclic amines) is 1. The van der Waals surface area contributed by atoms with Crippen molar-refractivity contribution < 1.29 is 19.1 Å². The molecule has 1 aromatic heterocycles. The summed E-state index contributed by atoms with van der Waals surface area (Å²) in [5.74, 6) is 0.949. The fourth-order valence-electron chi connectivity index (χ4n) is 5.75. The number of carbonyl (C=O) groups excluding carboxylic acids is 3. The maximum atomic E-state index is 13.5. The molecule has 4 rings (SSSR count). The van der Waals surface area contributed by atoms with Gasteiger partial charge in [0.15, 0.2) is 0 Å². The Morgan fingerprint density at radius 2 is 1.90 bits per heavy atom. The van der Waals surface area contributed by atoms with Crippen molar-refractivity contribution in [2.75, 3.05) is 19.7 Å². The van der Waals surface area contributed by atoms with E-state index in [1.54, 1.807) is 10.3 Å². The molecule has 1 aliphatic carbocycles. The number of hydrogen-bond donors (Lipinski definition) is 4. The number of thiophene rings is 1. The second-order valence-electron chi connectivity index (χ2n) is 10.9. The van der Waals surface area contributed by atoms with Crippen molar-refractivity contribution in [3.63, 3.8) is 0 Å². The van der Waals surface area contributed by atoms with E-state index in [0.29, 0.717) is 37.5 Å². The van der Waals surface area contributed by atoms with E-state index in [0.717, 1.165) is 23.5 Å². The van der Waals surface area contributed by atoms with Crippen LogP contribution in [0.15, 0.2) is 41.8 Å². The van der Waals surface area contributed by atoms with Crippen LogP contribution in [0.2, 0.25) is 0 Å². The van der Waals surface area contributed by atoms with Gasteiger partial charge in [0.05, 0.1) is 19.2 Å². The highest BCUT2D eigenvalue weighted by Crippen LogP contribution is 2.38. The molecule has 2 aromatic rings. The number of ether oxygens (including phenoxy) is 1. The quantitative estimate of drug-likeness (QED) is 0.175. The highest BCUT2D eigenvalue weighted by molar-refractivity contribution is 7.10. The van der Waals surface area contributed by atoms with Crippen LogP contribution in [-0.2, 0) is 14.4 Å². The summed E-state index contributed by atoms with van der Waals surface area (Å²) in [4.78, 5) is 41.8. The first-order valence-corrected chi connectivity index (χ1v) is 15.2. The van der Waals surface area contributed by atoms with Crippen molar-refractivity contribution in [2.45, 2.75) is 70.4 Å². The van der Waals surface area contributed by atoms with E-state index >= 15 is 0 Å². The fraction of sp³-hybridized carbons (Fsp3) is 0.533. The summed E-state index contributed by atoms with van der Waals surface area (Å²) in [6, 6.07) is 10.4. The van der Waals surface area contributed by atoms with Crippen molar-refractivity contribution in [1.82, 2.24) is 15.5 Å². The molecule has 5 N–H and O–H groups in total. The number of amides is 3. The number of amidine groups is 1. The molecule has 0 spiro atoms. The molecule has 1 saturated heterocycles. The van der Waals surface area contributed by atoms with Crippen molar-refractivity contribution in [3.05, 3.63) is 52.2 Å². The summed E-state index contributed by atoms with van der Waals surface area (Å²) in [6.45, 7) is 2.74. The molecule has 2 heterocycles. The number of carbonyl (C=O) groups is 3. The molecule has 1 saturated carbocycles. The first kappa shape index (κ1) is 29.6. The van der Waals surface area contributed by atoms with Crippen LogP contribution < -0.4 is 21.1 Å². The van der Waals surface area contributed by atoms with Crippen LogP contribution in [0.4, 0.5) is 0 Å². The van der Waals surface area contributed by atoms with E-state index in [-0.39, 0.29) is 48.5 Å². The Hall–Kier alpha value is -3.40. The molecule has 1 unspecified atom stereocenters. The molecule has 1 aliphatic heterocycles. The lowest BCUT2D eigenvalue weighted by atomic mass is 9.79. The maximum absolute atomic E-state index is 13.5. The molecule has 2 aliphatic rings. The maximum Gasteiger partial charge on any atom is 0.243 e. The summed E-state index contributed by atoms with van der Waals surface area (Å²) < 4.78 is 5.63. The van der Waals surface area contributed by atoms with Gasteiger partial charge < -0.3 is 26.0 Å². The Labute approximate surface area is 240 Å². The van der Waals surface area contributed by atoms with Crippen molar-refractivity contribution >= 4 is 34.9 Å². The van der Waals surface area contributed by atoms with E-state index in [4.69, 9.17) is 15.9 Å². The number of benzene rings is 1. The molecule has 9 nitrogen and oxygen atoms in total. The fourth-order valence-corrected chi connectivity index (χ4v) is 6.66. The molecule has 216 valence electrons. The molecule has 2 fully saturated rings. The van der Waals surface area contributed by atoms with Gasteiger partial charge in [0.2, 0.25) is 17.7 Å². The lowest BCUT2D eigenvalue weighted by Gasteiger charge is -2.27. The number of nitrogens with one attached hydrogen (secondary N) is 3. The van der Waals surface area contributed by atoms with Crippen molar-refractivity contribution in [1.29, 1.82) is 5.41 Å². The molecular weight excluding hydrogens is 526 g/mol. The Kier molecular flexibility index (Phi) is 10.6. The van der Waals surface area contributed by atoms with Crippen LogP contribution in [0.3, 0.4) is 0 Å². The van der Waals surface area contributed by atoms with Gasteiger partial charge in [-0.05, 0) is 49.8 Å². The van der Waals surface area contributed by atoms with Gasteiger partial charge >= 0.3 is 0 Å². The number of hydrogen-bond acceptors (Lipinski definition) is 6. The minimum atomic E-state index is -0.565. The highest BCUT2D eigenvalue weighted by atomic mass is 32.1. The van der Waals surface area contributed by atoms with Crippen molar-refractivity contribution in [2.24, 2.45) is 17.6 Å². The van der Waals surface area contributed by atoms with Crippen LogP contribution >= 0.6 is 11.3 Å². The van der Waals surface area contributed by atoms with Crippen molar-refractivity contribution in [3.8, 4) is 5.75 Å². The van der Waals surface area contributed by atoms with E-state index in [2.05, 4.69) is 10.6 Å².